The molecule has 0 bridgehead atoms. The number of piperidine rings is 1. The Morgan fingerprint density at radius 2 is 2.31 bits per heavy atom. The predicted octanol–water partition coefficient (Wildman–Crippen LogP) is 0.0728. The van der Waals surface area contributed by atoms with Gasteiger partial charge in [0, 0.05) is 32.2 Å². The fourth-order valence-electron chi connectivity index (χ4n) is 2.78. The molecule has 2 N–H and O–H groups in total. The first-order valence-corrected chi connectivity index (χ1v) is 6.31. The second kappa shape index (κ2) is 5.15. The van der Waals surface area contributed by atoms with E-state index in [4.69, 9.17) is 5.11 Å². The number of likely N-dealkylation sites (tertiary alicyclic amines) is 1. The van der Waals surface area contributed by atoms with Crippen molar-refractivity contribution < 1.29 is 9.90 Å². The van der Waals surface area contributed by atoms with Crippen LogP contribution < -0.4 is 5.32 Å². The predicted molar refractivity (Wildman–Crippen MR) is 61.9 cm³/mol. The lowest BCUT2D eigenvalue weighted by molar-refractivity contribution is -0.135. The first-order chi connectivity index (χ1) is 7.70. The third-order valence-electron chi connectivity index (χ3n) is 3.78. The largest absolute Gasteiger partial charge is 0.396 e. The molecular formula is C12H22N2O2. The number of aliphatic hydroxyl groups is 1. The van der Waals surface area contributed by atoms with E-state index in [9.17, 15) is 4.79 Å². The highest BCUT2D eigenvalue weighted by Gasteiger charge is 2.32. The van der Waals surface area contributed by atoms with Gasteiger partial charge in [-0.15, -0.1) is 0 Å². The summed E-state index contributed by atoms with van der Waals surface area (Å²) < 4.78 is 0. The van der Waals surface area contributed by atoms with E-state index < -0.39 is 0 Å². The van der Waals surface area contributed by atoms with Crippen LogP contribution in [-0.4, -0.2) is 48.7 Å². The van der Waals surface area contributed by atoms with Crippen LogP contribution in [0.4, 0.5) is 0 Å². The van der Waals surface area contributed by atoms with Gasteiger partial charge in [0.05, 0.1) is 5.92 Å². The lowest BCUT2D eigenvalue weighted by Gasteiger charge is -2.30. The van der Waals surface area contributed by atoms with Crippen LogP contribution in [0.25, 0.3) is 0 Å². The van der Waals surface area contributed by atoms with E-state index in [0.29, 0.717) is 11.8 Å². The van der Waals surface area contributed by atoms with Crippen molar-refractivity contribution in [1.29, 1.82) is 0 Å². The summed E-state index contributed by atoms with van der Waals surface area (Å²) in [5.41, 5.74) is 0. The Morgan fingerprint density at radius 3 is 2.94 bits per heavy atom. The first kappa shape index (κ1) is 11.9. The molecule has 0 spiro atoms. The molecule has 0 radical (unpaired) electrons. The number of amides is 1. The Labute approximate surface area is 97.0 Å². The monoisotopic (exact) mass is 226 g/mol. The van der Waals surface area contributed by atoms with E-state index in [2.05, 4.69) is 12.2 Å². The Morgan fingerprint density at radius 1 is 1.50 bits per heavy atom. The standard InChI is InChI=1S/C12H22N2O2/c1-9-4-11(6-13-5-9)12(16)14-3-2-10(7-14)8-15/h9-11,13,15H,2-8H2,1H3. The van der Waals surface area contributed by atoms with Crippen LogP contribution in [0.15, 0.2) is 0 Å². The van der Waals surface area contributed by atoms with Gasteiger partial charge in [0.15, 0.2) is 0 Å². The Hall–Kier alpha value is -0.610. The highest BCUT2D eigenvalue weighted by atomic mass is 16.3. The van der Waals surface area contributed by atoms with Gasteiger partial charge in [-0.05, 0) is 25.3 Å². The molecule has 2 saturated heterocycles. The van der Waals surface area contributed by atoms with E-state index in [1.165, 1.54) is 0 Å². The van der Waals surface area contributed by atoms with Crippen molar-refractivity contribution in [3.8, 4) is 0 Å². The summed E-state index contributed by atoms with van der Waals surface area (Å²) in [6, 6.07) is 0. The molecule has 0 saturated carbocycles. The number of aliphatic hydroxyl groups excluding tert-OH is 1. The Kier molecular flexibility index (Phi) is 3.82. The lowest BCUT2D eigenvalue weighted by Crippen LogP contribution is -2.44. The molecule has 2 aliphatic heterocycles. The number of carbonyl (C=O) groups excluding carboxylic acids is 1. The van der Waals surface area contributed by atoms with Crippen LogP contribution in [0, 0.1) is 17.8 Å². The van der Waals surface area contributed by atoms with Crippen LogP contribution in [-0.2, 0) is 4.79 Å². The topological polar surface area (TPSA) is 52.6 Å². The molecule has 3 atom stereocenters. The molecule has 0 aliphatic carbocycles. The third-order valence-corrected chi connectivity index (χ3v) is 3.78. The number of rotatable bonds is 2. The molecule has 16 heavy (non-hydrogen) atoms. The number of carbonyl (C=O) groups is 1. The zero-order valence-electron chi connectivity index (χ0n) is 9.98. The van der Waals surface area contributed by atoms with Crippen LogP contribution in [0.2, 0.25) is 0 Å². The molecule has 2 aliphatic rings. The van der Waals surface area contributed by atoms with Gasteiger partial charge < -0.3 is 15.3 Å². The van der Waals surface area contributed by atoms with Crippen molar-refractivity contribution in [2.45, 2.75) is 19.8 Å². The van der Waals surface area contributed by atoms with E-state index >= 15 is 0 Å². The van der Waals surface area contributed by atoms with Crippen LogP contribution in [0.5, 0.6) is 0 Å². The average Bonchev–Trinajstić information content (AvgIpc) is 2.76. The van der Waals surface area contributed by atoms with Crippen LogP contribution in [0.3, 0.4) is 0 Å². The second-order valence-electron chi connectivity index (χ2n) is 5.32. The van der Waals surface area contributed by atoms with Gasteiger partial charge in [0.1, 0.15) is 0 Å². The van der Waals surface area contributed by atoms with Gasteiger partial charge in [-0.1, -0.05) is 6.92 Å². The van der Waals surface area contributed by atoms with Gasteiger partial charge in [-0.2, -0.15) is 0 Å². The summed E-state index contributed by atoms with van der Waals surface area (Å²) in [7, 11) is 0. The number of hydrogen-bond donors (Lipinski definition) is 2. The molecule has 92 valence electrons. The Balaban J connectivity index is 1.87. The van der Waals surface area contributed by atoms with Gasteiger partial charge in [0.25, 0.3) is 0 Å². The minimum absolute atomic E-state index is 0.154. The van der Waals surface area contributed by atoms with Crippen molar-refractivity contribution in [1.82, 2.24) is 10.2 Å². The molecule has 2 fully saturated rings. The van der Waals surface area contributed by atoms with Gasteiger partial charge in [0.2, 0.25) is 5.91 Å². The normalized spacial score (nSPS) is 35.4. The average molecular weight is 226 g/mol. The van der Waals surface area contributed by atoms with Crippen molar-refractivity contribution in [2.24, 2.45) is 17.8 Å². The van der Waals surface area contributed by atoms with E-state index in [1.807, 2.05) is 4.90 Å². The zero-order chi connectivity index (χ0) is 11.5. The van der Waals surface area contributed by atoms with Crippen molar-refractivity contribution in [3.05, 3.63) is 0 Å². The summed E-state index contributed by atoms with van der Waals surface area (Å²) in [5.74, 6) is 1.34. The molecule has 2 heterocycles. The maximum absolute atomic E-state index is 12.2. The van der Waals surface area contributed by atoms with Gasteiger partial charge in [-0.25, -0.2) is 0 Å². The molecule has 2 rings (SSSR count). The summed E-state index contributed by atoms with van der Waals surface area (Å²) in [4.78, 5) is 14.1. The maximum atomic E-state index is 12.2. The molecule has 0 aromatic rings. The number of nitrogens with one attached hydrogen (secondary N) is 1. The van der Waals surface area contributed by atoms with Crippen molar-refractivity contribution in [2.75, 3.05) is 32.8 Å². The maximum Gasteiger partial charge on any atom is 0.226 e. The Bertz CT molecular complexity index is 257. The van der Waals surface area contributed by atoms with Crippen LogP contribution in [0.1, 0.15) is 19.8 Å². The molecule has 4 nitrogen and oxygen atoms in total. The summed E-state index contributed by atoms with van der Waals surface area (Å²) >= 11 is 0. The van der Waals surface area contributed by atoms with Gasteiger partial charge in [-0.3, -0.25) is 4.79 Å². The van der Waals surface area contributed by atoms with E-state index in [-0.39, 0.29) is 18.4 Å². The molecule has 0 aromatic carbocycles. The quantitative estimate of drug-likeness (QED) is 0.701. The number of hydrogen-bond acceptors (Lipinski definition) is 3. The summed E-state index contributed by atoms with van der Waals surface area (Å²) in [5, 5.41) is 12.4. The van der Waals surface area contributed by atoms with Crippen LogP contribution >= 0.6 is 0 Å². The molecule has 3 unspecified atom stereocenters. The molecule has 0 aromatic heterocycles. The minimum atomic E-state index is 0.154. The summed E-state index contributed by atoms with van der Waals surface area (Å²) in [6.07, 6.45) is 1.96. The van der Waals surface area contributed by atoms with Crippen molar-refractivity contribution in [3.63, 3.8) is 0 Å². The molecular weight excluding hydrogens is 204 g/mol. The molecule has 1 amide bonds. The highest BCUT2D eigenvalue weighted by molar-refractivity contribution is 5.79. The second-order valence-corrected chi connectivity index (χ2v) is 5.32. The summed E-state index contributed by atoms with van der Waals surface area (Å²) in [6.45, 7) is 5.83. The van der Waals surface area contributed by atoms with Gasteiger partial charge >= 0.3 is 0 Å². The van der Waals surface area contributed by atoms with Crippen molar-refractivity contribution >= 4 is 5.91 Å². The first-order valence-electron chi connectivity index (χ1n) is 6.31. The highest BCUT2D eigenvalue weighted by Crippen LogP contribution is 2.22. The molecule has 4 heteroatoms. The number of nitrogens with zero attached hydrogens (tertiary/aromatic N) is 1. The fourth-order valence-corrected chi connectivity index (χ4v) is 2.78. The smallest absolute Gasteiger partial charge is 0.226 e. The van der Waals surface area contributed by atoms with E-state index in [1.54, 1.807) is 0 Å². The SMILES string of the molecule is CC1CNCC(C(=O)N2CCC(CO)C2)C1. The fraction of sp³-hybridized carbons (Fsp3) is 0.917. The van der Waals surface area contributed by atoms with E-state index in [0.717, 1.165) is 39.0 Å². The third kappa shape index (κ3) is 2.55. The lowest BCUT2D eigenvalue weighted by atomic mass is 9.91. The minimum Gasteiger partial charge on any atom is -0.396 e. The zero-order valence-corrected chi connectivity index (χ0v) is 9.98.